The number of nitrogens with one attached hydrogen (secondary N) is 1. The van der Waals surface area contributed by atoms with Gasteiger partial charge in [0, 0.05) is 25.8 Å². The quantitative estimate of drug-likeness (QED) is 0.925. The van der Waals surface area contributed by atoms with E-state index >= 15 is 0 Å². The van der Waals surface area contributed by atoms with Crippen molar-refractivity contribution in [2.24, 2.45) is 0 Å². The van der Waals surface area contributed by atoms with E-state index in [0.29, 0.717) is 6.42 Å². The van der Waals surface area contributed by atoms with Crippen molar-refractivity contribution in [2.75, 3.05) is 13.1 Å². The van der Waals surface area contributed by atoms with Gasteiger partial charge in [-0.2, -0.15) is 0 Å². The molecule has 1 fully saturated rings. The summed E-state index contributed by atoms with van der Waals surface area (Å²) in [5, 5.41) is 3.29. The molecule has 0 radical (unpaired) electrons. The molecule has 0 saturated carbocycles. The molecule has 4 nitrogen and oxygen atoms in total. The number of fused-ring (bicyclic) bond motifs is 2. The van der Waals surface area contributed by atoms with Crippen LogP contribution in [0.25, 0.3) is 0 Å². The molecule has 118 valence electrons. The Hall–Kier alpha value is -2.20. The summed E-state index contributed by atoms with van der Waals surface area (Å²) in [7, 11) is 0. The molecule has 1 amide bonds. The third-order valence-electron chi connectivity index (χ3n) is 5.08. The van der Waals surface area contributed by atoms with Crippen LogP contribution in [-0.2, 0) is 23.3 Å². The molecule has 1 aromatic carbocycles. The maximum absolute atomic E-state index is 12.1. The molecule has 1 spiro atoms. The first kappa shape index (κ1) is 14.4. The molecular weight excluding hydrogens is 286 g/mol. The van der Waals surface area contributed by atoms with Gasteiger partial charge in [-0.25, -0.2) is 0 Å². The van der Waals surface area contributed by atoms with E-state index in [1.54, 1.807) is 0 Å². The number of nitrogens with zero attached hydrogens (tertiary/aromatic N) is 2. The minimum absolute atomic E-state index is 0.155. The van der Waals surface area contributed by atoms with Crippen molar-refractivity contribution in [1.29, 1.82) is 0 Å². The number of aromatic nitrogens is 1. The van der Waals surface area contributed by atoms with Crippen LogP contribution in [0.1, 0.15) is 29.7 Å². The van der Waals surface area contributed by atoms with Gasteiger partial charge in [0.05, 0.1) is 17.7 Å². The van der Waals surface area contributed by atoms with Gasteiger partial charge in [-0.15, -0.1) is 0 Å². The number of carbonyl (C=O) groups excluding carboxylic acids is 1. The number of benzene rings is 1. The smallest absolute Gasteiger partial charge is 0.225 e. The summed E-state index contributed by atoms with van der Waals surface area (Å²) >= 11 is 0. The predicted octanol–water partition coefficient (Wildman–Crippen LogP) is 2.25. The van der Waals surface area contributed by atoms with E-state index in [-0.39, 0.29) is 11.4 Å². The molecule has 4 rings (SSSR count). The minimum Gasteiger partial charge on any atom is -0.346 e. The van der Waals surface area contributed by atoms with Crippen molar-refractivity contribution in [3.63, 3.8) is 0 Å². The van der Waals surface area contributed by atoms with Crippen LogP contribution in [0.2, 0.25) is 0 Å². The average Bonchev–Trinajstić information content (AvgIpc) is 2.58. The summed E-state index contributed by atoms with van der Waals surface area (Å²) in [6.07, 6.45) is 4.28. The molecule has 3 heterocycles. The highest BCUT2D eigenvalue weighted by atomic mass is 16.1. The Morgan fingerprint density at radius 2 is 1.87 bits per heavy atom. The van der Waals surface area contributed by atoms with E-state index in [9.17, 15) is 4.79 Å². The van der Waals surface area contributed by atoms with Crippen LogP contribution < -0.4 is 5.32 Å². The number of hydrogen-bond donors (Lipinski definition) is 1. The van der Waals surface area contributed by atoms with Crippen LogP contribution in [0.5, 0.6) is 0 Å². The second-order valence-electron chi connectivity index (χ2n) is 6.56. The summed E-state index contributed by atoms with van der Waals surface area (Å²) in [6.45, 7) is 2.84. The SMILES string of the molecule is O=C1Cc2ccccc2C2(CCN(Cc3ccccn3)CC2)N1. The first-order valence-corrected chi connectivity index (χ1v) is 8.27. The van der Waals surface area contributed by atoms with Gasteiger partial charge in [-0.1, -0.05) is 30.3 Å². The Bertz CT molecular complexity index is 706. The number of carbonyl (C=O) groups is 1. The maximum atomic E-state index is 12.1. The topological polar surface area (TPSA) is 45.2 Å². The van der Waals surface area contributed by atoms with E-state index in [2.05, 4.69) is 39.5 Å². The third kappa shape index (κ3) is 2.75. The Balaban J connectivity index is 1.52. The number of hydrogen-bond acceptors (Lipinski definition) is 3. The molecule has 0 atom stereocenters. The number of rotatable bonds is 2. The Morgan fingerprint density at radius 1 is 1.09 bits per heavy atom. The molecule has 2 aliphatic rings. The second-order valence-corrected chi connectivity index (χ2v) is 6.56. The zero-order valence-corrected chi connectivity index (χ0v) is 13.2. The van der Waals surface area contributed by atoms with E-state index in [1.807, 2.05) is 24.4 Å². The standard InChI is InChI=1S/C19H21N3O/c23-18-13-15-5-1-2-7-17(15)19(21-18)8-11-22(12-9-19)14-16-6-3-4-10-20-16/h1-7,10H,8-9,11-14H2,(H,21,23). The van der Waals surface area contributed by atoms with Gasteiger partial charge in [-0.05, 0) is 36.1 Å². The first-order chi connectivity index (χ1) is 11.3. The van der Waals surface area contributed by atoms with Crippen molar-refractivity contribution < 1.29 is 4.79 Å². The minimum atomic E-state index is -0.174. The fraction of sp³-hybridized carbons (Fsp3) is 0.368. The zero-order valence-electron chi connectivity index (χ0n) is 13.2. The average molecular weight is 307 g/mol. The lowest BCUT2D eigenvalue weighted by atomic mass is 9.75. The van der Waals surface area contributed by atoms with Gasteiger partial charge in [-0.3, -0.25) is 14.7 Å². The molecule has 2 aromatic rings. The molecule has 0 unspecified atom stereocenters. The monoisotopic (exact) mass is 307 g/mol. The lowest BCUT2D eigenvalue weighted by molar-refractivity contribution is -0.124. The zero-order chi connectivity index (χ0) is 15.7. The van der Waals surface area contributed by atoms with Gasteiger partial charge in [0.15, 0.2) is 0 Å². The van der Waals surface area contributed by atoms with Gasteiger partial charge in [0.25, 0.3) is 0 Å². The first-order valence-electron chi connectivity index (χ1n) is 8.27. The highest BCUT2D eigenvalue weighted by Crippen LogP contribution is 2.37. The molecule has 1 saturated heterocycles. The van der Waals surface area contributed by atoms with Crippen LogP contribution in [0.15, 0.2) is 48.7 Å². The molecular formula is C19H21N3O. The van der Waals surface area contributed by atoms with Crippen molar-refractivity contribution in [1.82, 2.24) is 15.2 Å². The maximum Gasteiger partial charge on any atom is 0.225 e. The lowest BCUT2D eigenvalue weighted by Crippen LogP contribution is -2.56. The Kier molecular flexibility index (Phi) is 3.62. The molecule has 1 N–H and O–H groups in total. The number of amides is 1. The summed E-state index contributed by atoms with van der Waals surface area (Å²) in [4.78, 5) is 19.0. The van der Waals surface area contributed by atoms with Crippen molar-refractivity contribution in [3.8, 4) is 0 Å². The highest BCUT2D eigenvalue weighted by molar-refractivity contribution is 5.82. The number of pyridine rings is 1. The van der Waals surface area contributed by atoms with E-state index < -0.39 is 0 Å². The molecule has 0 aliphatic carbocycles. The summed E-state index contributed by atoms with van der Waals surface area (Å²) in [6, 6.07) is 14.4. The number of piperidine rings is 1. The van der Waals surface area contributed by atoms with Crippen molar-refractivity contribution >= 4 is 5.91 Å². The van der Waals surface area contributed by atoms with Crippen LogP contribution in [0, 0.1) is 0 Å². The summed E-state index contributed by atoms with van der Waals surface area (Å²) in [5.74, 6) is 0.155. The summed E-state index contributed by atoms with van der Waals surface area (Å²) in [5.41, 5.74) is 3.44. The second kappa shape index (κ2) is 5.78. The molecule has 1 aromatic heterocycles. The molecule has 2 aliphatic heterocycles. The van der Waals surface area contributed by atoms with E-state index in [1.165, 1.54) is 11.1 Å². The number of likely N-dealkylation sites (tertiary alicyclic amines) is 1. The van der Waals surface area contributed by atoms with Gasteiger partial charge >= 0.3 is 0 Å². The van der Waals surface area contributed by atoms with Gasteiger partial charge < -0.3 is 5.32 Å². The Morgan fingerprint density at radius 3 is 2.65 bits per heavy atom. The molecule has 23 heavy (non-hydrogen) atoms. The molecule has 4 heteroatoms. The van der Waals surface area contributed by atoms with Crippen molar-refractivity contribution in [2.45, 2.75) is 31.3 Å². The fourth-order valence-corrected chi connectivity index (χ4v) is 3.90. The fourth-order valence-electron chi connectivity index (χ4n) is 3.90. The largest absolute Gasteiger partial charge is 0.346 e. The van der Waals surface area contributed by atoms with E-state index in [4.69, 9.17) is 0 Å². The lowest BCUT2D eigenvalue weighted by Gasteiger charge is -2.45. The summed E-state index contributed by atoms with van der Waals surface area (Å²) < 4.78 is 0. The van der Waals surface area contributed by atoms with Gasteiger partial charge in [0.2, 0.25) is 5.91 Å². The van der Waals surface area contributed by atoms with E-state index in [0.717, 1.165) is 38.2 Å². The Labute approximate surface area is 136 Å². The predicted molar refractivity (Wildman–Crippen MR) is 88.7 cm³/mol. The van der Waals surface area contributed by atoms with Crippen molar-refractivity contribution in [3.05, 3.63) is 65.5 Å². The van der Waals surface area contributed by atoms with Crippen LogP contribution >= 0.6 is 0 Å². The van der Waals surface area contributed by atoms with Crippen LogP contribution in [-0.4, -0.2) is 28.9 Å². The highest BCUT2D eigenvalue weighted by Gasteiger charge is 2.41. The van der Waals surface area contributed by atoms with Crippen LogP contribution in [0.4, 0.5) is 0 Å². The molecule has 0 bridgehead atoms. The van der Waals surface area contributed by atoms with Gasteiger partial charge in [0.1, 0.15) is 0 Å². The third-order valence-corrected chi connectivity index (χ3v) is 5.08. The van der Waals surface area contributed by atoms with Crippen LogP contribution in [0.3, 0.4) is 0 Å². The normalized spacial score (nSPS) is 20.1.